The van der Waals surface area contributed by atoms with Gasteiger partial charge in [0.15, 0.2) is 6.10 Å². The van der Waals surface area contributed by atoms with E-state index in [0.717, 1.165) is 0 Å². The molecule has 2 rings (SSSR count). The van der Waals surface area contributed by atoms with Crippen LogP contribution in [0.2, 0.25) is 0 Å². The van der Waals surface area contributed by atoms with Crippen molar-refractivity contribution >= 4 is 22.8 Å². The smallest absolute Gasteiger partial charge is 0.352 e. The van der Waals surface area contributed by atoms with Crippen molar-refractivity contribution in [1.82, 2.24) is 4.98 Å². The molecule has 2 aromatic rings. The minimum absolute atomic E-state index is 0.0163. The summed E-state index contributed by atoms with van der Waals surface area (Å²) in [5.74, 6) is -2.01. The maximum Gasteiger partial charge on any atom is 0.352 e. The lowest BCUT2D eigenvalue weighted by atomic mass is 10.0. The number of aliphatic hydroxyl groups is 2. The number of esters is 1. The minimum atomic E-state index is -1.69. The lowest BCUT2D eigenvalue weighted by Gasteiger charge is -2.16. The Bertz CT molecular complexity index is 677. The molecule has 0 fully saturated rings. The Kier molecular flexibility index (Phi) is 4.25. The molecule has 7 nitrogen and oxygen atoms in total. The zero-order chi connectivity index (χ0) is 15.6. The second-order valence-electron chi connectivity index (χ2n) is 4.48. The fraction of sp³-hybridized carbons (Fsp3) is 0.286. The van der Waals surface area contributed by atoms with E-state index in [1.807, 2.05) is 0 Å². The molecule has 1 aromatic heterocycles. The van der Waals surface area contributed by atoms with E-state index in [1.165, 1.54) is 18.2 Å². The highest BCUT2D eigenvalue weighted by Gasteiger charge is 2.27. The Hall–Kier alpha value is -2.38. The van der Waals surface area contributed by atoms with E-state index in [9.17, 15) is 19.8 Å². The Morgan fingerprint density at radius 2 is 2.00 bits per heavy atom. The molecule has 0 aliphatic rings. The van der Waals surface area contributed by atoms with Crippen molar-refractivity contribution in [3.8, 4) is 0 Å². The van der Waals surface area contributed by atoms with Crippen molar-refractivity contribution in [3.63, 3.8) is 0 Å². The van der Waals surface area contributed by atoms with Crippen LogP contribution in [-0.2, 0) is 9.53 Å². The van der Waals surface area contributed by atoms with Crippen LogP contribution in [0.5, 0.6) is 0 Å². The topological polar surface area (TPSA) is 120 Å². The van der Waals surface area contributed by atoms with E-state index in [2.05, 4.69) is 9.72 Å². The first kappa shape index (κ1) is 15.0. The lowest BCUT2D eigenvalue weighted by Crippen LogP contribution is -2.29. The second kappa shape index (κ2) is 5.94. The summed E-state index contributed by atoms with van der Waals surface area (Å²) in [6.07, 6.45) is -3.14. The van der Waals surface area contributed by atoms with E-state index < -0.39 is 24.1 Å². The Morgan fingerprint density at radius 1 is 1.29 bits per heavy atom. The number of hydrogen-bond acceptors (Lipinski definition) is 5. The van der Waals surface area contributed by atoms with Gasteiger partial charge in [0.05, 0.1) is 6.61 Å². The third-order valence-corrected chi connectivity index (χ3v) is 3.04. The third-order valence-electron chi connectivity index (χ3n) is 3.04. The minimum Gasteiger partial charge on any atom is -0.477 e. The molecule has 0 bridgehead atoms. The molecule has 112 valence electrons. The first-order chi connectivity index (χ1) is 9.93. The average molecular weight is 293 g/mol. The normalized spacial score (nSPS) is 13.9. The van der Waals surface area contributed by atoms with Crippen LogP contribution < -0.4 is 0 Å². The largest absolute Gasteiger partial charge is 0.477 e. The molecule has 1 heterocycles. The van der Waals surface area contributed by atoms with Crippen LogP contribution in [-0.4, -0.2) is 45.0 Å². The SMILES string of the molecule is CCOC(=O)C(O)C(O)c1ccc2[nH]c(C(=O)O)cc2c1. The van der Waals surface area contributed by atoms with E-state index in [-0.39, 0.29) is 12.3 Å². The Morgan fingerprint density at radius 3 is 2.62 bits per heavy atom. The molecule has 7 heteroatoms. The third kappa shape index (κ3) is 3.04. The summed E-state index contributed by atoms with van der Waals surface area (Å²) in [5.41, 5.74) is 0.885. The summed E-state index contributed by atoms with van der Waals surface area (Å²) in [5, 5.41) is 29.2. The number of fused-ring (bicyclic) bond motifs is 1. The van der Waals surface area contributed by atoms with Crippen LogP contribution in [0.4, 0.5) is 0 Å². The quantitative estimate of drug-likeness (QED) is 0.606. The van der Waals surface area contributed by atoms with Crippen LogP contribution >= 0.6 is 0 Å². The first-order valence-corrected chi connectivity index (χ1v) is 6.32. The molecule has 0 aliphatic carbocycles. The van der Waals surface area contributed by atoms with Gasteiger partial charge in [0.1, 0.15) is 11.8 Å². The fourth-order valence-corrected chi connectivity index (χ4v) is 1.99. The van der Waals surface area contributed by atoms with Crippen molar-refractivity contribution in [2.45, 2.75) is 19.1 Å². The van der Waals surface area contributed by atoms with Crippen LogP contribution in [0, 0.1) is 0 Å². The van der Waals surface area contributed by atoms with Gasteiger partial charge in [0.25, 0.3) is 0 Å². The monoisotopic (exact) mass is 293 g/mol. The number of rotatable bonds is 5. The second-order valence-corrected chi connectivity index (χ2v) is 4.48. The maximum atomic E-state index is 11.4. The fourth-order valence-electron chi connectivity index (χ4n) is 1.99. The first-order valence-electron chi connectivity index (χ1n) is 6.32. The van der Waals surface area contributed by atoms with Gasteiger partial charge >= 0.3 is 11.9 Å². The molecule has 0 amide bonds. The summed E-state index contributed by atoms with van der Waals surface area (Å²) in [4.78, 5) is 25.0. The highest BCUT2D eigenvalue weighted by atomic mass is 16.5. The number of benzene rings is 1. The van der Waals surface area contributed by atoms with Gasteiger partial charge in [-0.25, -0.2) is 9.59 Å². The van der Waals surface area contributed by atoms with Crippen molar-refractivity contribution in [1.29, 1.82) is 0 Å². The van der Waals surface area contributed by atoms with Gasteiger partial charge in [-0.2, -0.15) is 0 Å². The summed E-state index contributed by atoms with van der Waals surface area (Å²) in [6, 6.07) is 5.98. The standard InChI is InChI=1S/C14H15NO6/c1-2-21-14(20)12(17)11(16)7-3-4-9-8(5-7)6-10(15-9)13(18)19/h3-6,11-12,15-17H,2H2,1H3,(H,18,19). The van der Waals surface area contributed by atoms with Gasteiger partial charge < -0.3 is 25.0 Å². The number of aromatic amines is 1. The number of carbonyl (C=O) groups excluding carboxylic acids is 1. The summed E-state index contributed by atoms with van der Waals surface area (Å²) < 4.78 is 4.64. The predicted octanol–water partition coefficient (Wildman–Crippen LogP) is 0.824. The molecule has 2 unspecified atom stereocenters. The molecule has 0 saturated carbocycles. The molecular formula is C14H15NO6. The van der Waals surface area contributed by atoms with Crippen LogP contribution in [0.3, 0.4) is 0 Å². The highest BCUT2D eigenvalue weighted by molar-refractivity contribution is 5.94. The van der Waals surface area contributed by atoms with Gasteiger partial charge in [0, 0.05) is 10.9 Å². The molecule has 1 aromatic carbocycles. The van der Waals surface area contributed by atoms with E-state index in [4.69, 9.17) is 5.11 Å². The van der Waals surface area contributed by atoms with Crippen LogP contribution in [0.15, 0.2) is 24.3 Å². The van der Waals surface area contributed by atoms with Crippen LogP contribution in [0.1, 0.15) is 29.1 Å². The summed E-state index contributed by atoms with van der Waals surface area (Å²) >= 11 is 0. The maximum absolute atomic E-state index is 11.4. The van der Waals surface area contributed by atoms with Gasteiger partial charge in [-0.1, -0.05) is 6.07 Å². The lowest BCUT2D eigenvalue weighted by molar-refractivity contribution is -0.159. The molecule has 0 saturated heterocycles. The summed E-state index contributed by atoms with van der Waals surface area (Å²) in [7, 11) is 0. The number of aliphatic hydroxyl groups excluding tert-OH is 2. The average Bonchev–Trinajstić information content (AvgIpc) is 2.89. The van der Waals surface area contributed by atoms with Crippen molar-refractivity contribution in [2.75, 3.05) is 6.61 Å². The molecule has 21 heavy (non-hydrogen) atoms. The molecular weight excluding hydrogens is 278 g/mol. The molecule has 0 aliphatic heterocycles. The number of H-pyrrole nitrogens is 1. The number of ether oxygens (including phenoxy) is 1. The van der Waals surface area contributed by atoms with Gasteiger partial charge in [0.2, 0.25) is 0 Å². The number of hydrogen-bond donors (Lipinski definition) is 4. The Labute approximate surface area is 119 Å². The number of aromatic nitrogens is 1. The van der Waals surface area contributed by atoms with E-state index in [1.54, 1.807) is 13.0 Å². The van der Waals surface area contributed by atoms with E-state index in [0.29, 0.717) is 16.5 Å². The zero-order valence-electron chi connectivity index (χ0n) is 11.2. The number of carboxylic acid groups (broad SMARTS) is 1. The summed E-state index contributed by atoms with van der Waals surface area (Å²) in [6.45, 7) is 1.69. The zero-order valence-corrected chi connectivity index (χ0v) is 11.2. The van der Waals surface area contributed by atoms with Gasteiger partial charge in [-0.3, -0.25) is 0 Å². The Balaban J connectivity index is 2.29. The number of aromatic carboxylic acids is 1. The number of nitrogens with one attached hydrogen (secondary N) is 1. The highest BCUT2D eigenvalue weighted by Crippen LogP contribution is 2.23. The molecule has 0 radical (unpaired) electrons. The van der Waals surface area contributed by atoms with E-state index >= 15 is 0 Å². The molecule has 0 spiro atoms. The predicted molar refractivity (Wildman–Crippen MR) is 72.9 cm³/mol. The van der Waals surface area contributed by atoms with Gasteiger partial charge in [-0.15, -0.1) is 0 Å². The van der Waals surface area contributed by atoms with Gasteiger partial charge in [-0.05, 0) is 30.7 Å². The molecule has 4 N–H and O–H groups in total. The van der Waals surface area contributed by atoms with Crippen molar-refractivity contribution < 1.29 is 29.6 Å². The number of carboxylic acids is 1. The van der Waals surface area contributed by atoms with Crippen molar-refractivity contribution in [3.05, 3.63) is 35.5 Å². The number of carbonyl (C=O) groups is 2. The van der Waals surface area contributed by atoms with Crippen LogP contribution in [0.25, 0.3) is 10.9 Å². The van der Waals surface area contributed by atoms with Crippen molar-refractivity contribution in [2.24, 2.45) is 0 Å². The molecule has 2 atom stereocenters.